The van der Waals surface area contributed by atoms with Crippen LogP contribution >= 0.6 is 11.8 Å². The van der Waals surface area contributed by atoms with E-state index in [1.807, 2.05) is 36.4 Å². The van der Waals surface area contributed by atoms with Gasteiger partial charge in [0, 0.05) is 17.9 Å². The number of carbonyl (C=O) groups excluding carboxylic acids is 1. The fourth-order valence-electron chi connectivity index (χ4n) is 2.28. The Hall–Kier alpha value is -2.27. The first-order valence-electron chi connectivity index (χ1n) is 7.60. The van der Waals surface area contributed by atoms with E-state index in [-0.39, 0.29) is 5.91 Å². The third-order valence-corrected chi connectivity index (χ3v) is 4.53. The van der Waals surface area contributed by atoms with Crippen molar-refractivity contribution in [3.05, 3.63) is 59.9 Å². The number of nitrogens with one attached hydrogen (secondary N) is 2. The summed E-state index contributed by atoms with van der Waals surface area (Å²) in [5, 5.41) is 2.94. The number of thioether (sulfide) groups is 1. The summed E-state index contributed by atoms with van der Waals surface area (Å²) < 4.78 is 0. The molecule has 0 unspecified atom stereocenters. The SMILES string of the molecule is Cc1ccc(SCC(=O)NCCc2nc3ccccc3[nH]2)cc1. The van der Waals surface area contributed by atoms with Gasteiger partial charge in [-0.1, -0.05) is 29.8 Å². The molecule has 0 fully saturated rings. The van der Waals surface area contributed by atoms with E-state index >= 15 is 0 Å². The van der Waals surface area contributed by atoms with Crippen molar-refractivity contribution >= 4 is 28.7 Å². The molecule has 0 bridgehead atoms. The van der Waals surface area contributed by atoms with Crippen molar-refractivity contribution in [1.29, 1.82) is 0 Å². The average molecular weight is 325 g/mol. The number of rotatable bonds is 6. The van der Waals surface area contributed by atoms with Gasteiger partial charge in [0.1, 0.15) is 5.82 Å². The van der Waals surface area contributed by atoms with Crippen molar-refractivity contribution in [2.24, 2.45) is 0 Å². The average Bonchev–Trinajstić information content (AvgIpc) is 2.97. The standard InChI is InChI=1S/C18H19N3OS/c1-13-6-8-14(9-7-13)23-12-18(22)19-11-10-17-20-15-4-2-3-5-16(15)21-17/h2-9H,10-12H2,1H3,(H,19,22)(H,20,21). The molecule has 0 aliphatic heterocycles. The van der Waals surface area contributed by atoms with Crippen LogP contribution in [0, 0.1) is 6.92 Å². The highest BCUT2D eigenvalue weighted by molar-refractivity contribution is 8.00. The number of carbonyl (C=O) groups is 1. The topological polar surface area (TPSA) is 57.8 Å². The van der Waals surface area contributed by atoms with Crippen LogP contribution < -0.4 is 5.32 Å². The maximum Gasteiger partial charge on any atom is 0.230 e. The van der Waals surface area contributed by atoms with Gasteiger partial charge in [-0.05, 0) is 31.2 Å². The van der Waals surface area contributed by atoms with E-state index in [0.29, 0.717) is 18.7 Å². The van der Waals surface area contributed by atoms with E-state index in [9.17, 15) is 4.79 Å². The van der Waals surface area contributed by atoms with E-state index in [1.165, 1.54) is 5.56 Å². The Morgan fingerprint density at radius 2 is 1.96 bits per heavy atom. The van der Waals surface area contributed by atoms with Gasteiger partial charge >= 0.3 is 0 Å². The van der Waals surface area contributed by atoms with E-state index in [0.717, 1.165) is 21.8 Å². The van der Waals surface area contributed by atoms with Crippen molar-refractivity contribution in [1.82, 2.24) is 15.3 Å². The molecule has 3 rings (SSSR count). The van der Waals surface area contributed by atoms with Crippen LogP contribution in [-0.4, -0.2) is 28.2 Å². The maximum atomic E-state index is 11.9. The number of fused-ring (bicyclic) bond motifs is 1. The Morgan fingerprint density at radius 3 is 2.74 bits per heavy atom. The van der Waals surface area contributed by atoms with Crippen LogP contribution in [0.25, 0.3) is 11.0 Å². The summed E-state index contributed by atoms with van der Waals surface area (Å²) in [4.78, 5) is 20.8. The Morgan fingerprint density at radius 1 is 1.17 bits per heavy atom. The van der Waals surface area contributed by atoms with E-state index in [1.54, 1.807) is 11.8 Å². The third-order valence-electron chi connectivity index (χ3n) is 3.51. The second-order valence-electron chi connectivity index (χ2n) is 5.40. The molecule has 118 valence electrons. The number of imidazole rings is 1. The smallest absolute Gasteiger partial charge is 0.230 e. The van der Waals surface area contributed by atoms with Gasteiger partial charge in [-0.25, -0.2) is 4.98 Å². The van der Waals surface area contributed by atoms with Crippen LogP contribution in [0.4, 0.5) is 0 Å². The molecule has 0 aliphatic rings. The van der Waals surface area contributed by atoms with Crippen molar-refractivity contribution < 1.29 is 4.79 Å². The largest absolute Gasteiger partial charge is 0.355 e. The zero-order valence-corrected chi connectivity index (χ0v) is 13.8. The molecule has 23 heavy (non-hydrogen) atoms. The van der Waals surface area contributed by atoms with Crippen molar-refractivity contribution in [3.63, 3.8) is 0 Å². The molecule has 0 atom stereocenters. The lowest BCUT2D eigenvalue weighted by molar-refractivity contribution is -0.118. The van der Waals surface area contributed by atoms with Crippen LogP contribution in [-0.2, 0) is 11.2 Å². The number of amides is 1. The molecule has 0 spiro atoms. The number of hydrogen-bond acceptors (Lipinski definition) is 3. The highest BCUT2D eigenvalue weighted by atomic mass is 32.2. The molecule has 0 saturated heterocycles. The number of aryl methyl sites for hydroxylation is 1. The normalized spacial score (nSPS) is 10.8. The molecule has 5 heteroatoms. The van der Waals surface area contributed by atoms with Gasteiger partial charge in [0.25, 0.3) is 0 Å². The minimum Gasteiger partial charge on any atom is -0.355 e. The summed E-state index contributed by atoms with van der Waals surface area (Å²) in [6, 6.07) is 16.1. The number of aromatic nitrogens is 2. The molecule has 1 amide bonds. The predicted octanol–water partition coefficient (Wildman–Crippen LogP) is 3.32. The first kappa shape index (κ1) is 15.6. The van der Waals surface area contributed by atoms with Crippen LogP contribution in [0.3, 0.4) is 0 Å². The molecule has 1 heterocycles. The van der Waals surface area contributed by atoms with Crippen LogP contribution in [0.1, 0.15) is 11.4 Å². The Kier molecular flexibility index (Phi) is 4.98. The first-order valence-corrected chi connectivity index (χ1v) is 8.59. The van der Waals surface area contributed by atoms with Gasteiger partial charge in [-0.15, -0.1) is 11.8 Å². The van der Waals surface area contributed by atoms with Gasteiger partial charge in [0.05, 0.1) is 16.8 Å². The maximum absolute atomic E-state index is 11.9. The highest BCUT2D eigenvalue weighted by Crippen LogP contribution is 2.17. The summed E-state index contributed by atoms with van der Waals surface area (Å²) >= 11 is 1.55. The lowest BCUT2D eigenvalue weighted by atomic mass is 10.2. The molecular weight excluding hydrogens is 306 g/mol. The fraction of sp³-hybridized carbons (Fsp3) is 0.222. The van der Waals surface area contributed by atoms with Gasteiger partial charge in [-0.2, -0.15) is 0 Å². The van der Waals surface area contributed by atoms with E-state index < -0.39 is 0 Å². The molecule has 0 saturated carbocycles. The Bertz CT molecular complexity index is 762. The highest BCUT2D eigenvalue weighted by Gasteiger charge is 2.05. The fourth-order valence-corrected chi connectivity index (χ4v) is 3.01. The number of para-hydroxylation sites is 2. The molecule has 3 aromatic rings. The summed E-state index contributed by atoms with van der Waals surface area (Å²) in [6.45, 7) is 2.65. The van der Waals surface area contributed by atoms with E-state index in [2.05, 4.69) is 34.3 Å². The van der Waals surface area contributed by atoms with Gasteiger partial charge in [-0.3, -0.25) is 4.79 Å². The number of hydrogen-bond donors (Lipinski definition) is 2. The molecular formula is C18H19N3OS. The second kappa shape index (κ2) is 7.33. The molecule has 0 aliphatic carbocycles. The first-order chi connectivity index (χ1) is 11.2. The van der Waals surface area contributed by atoms with E-state index in [4.69, 9.17) is 0 Å². The Labute approximate surface area is 139 Å². The number of aromatic amines is 1. The van der Waals surface area contributed by atoms with Crippen molar-refractivity contribution in [2.45, 2.75) is 18.2 Å². The lowest BCUT2D eigenvalue weighted by Gasteiger charge is -2.04. The quantitative estimate of drug-likeness (QED) is 0.684. The van der Waals surface area contributed by atoms with Crippen molar-refractivity contribution in [3.8, 4) is 0 Å². The second-order valence-corrected chi connectivity index (χ2v) is 6.45. The zero-order chi connectivity index (χ0) is 16.1. The van der Waals surface area contributed by atoms with Gasteiger partial charge in [0.2, 0.25) is 5.91 Å². The molecule has 0 radical (unpaired) electrons. The zero-order valence-electron chi connectivity index (χ0n) is 13.0. The minimum absolute atomic E-state index is 0.0479. The van der Waals surface area contributed by atoms with Gasteiger partial charge < -0.3 is 10.3 Å². The minimum atomic E-state index is 0.0479. The summed E-state index contributed by atoms with van der Waals surface area (Å²) in [7, 11) is 0. The molecule has 1 aromatic heterocycles. The lowest BCUT2D eigenvalue weighted by Crippen LogP contribution is -2.27. The van der Waals surface area contributed by atoms with Gasteiger partial charge in [0.15, 0.2) is 0 Å². The van der Waals surface area contributed by atoms with Crippen LogP contribution in [0.2, 0.25) is 0 Å². The summed E-state index contributed by atoms with van der Waals surface area (Å²) in [5.74, 6) is 1.38. The van der Waals surface area contributed by atoms with Crippen LogP contribution in [0.15, 0.2) is 53.4 Å². The number of H-pyrrole nitrogens is 1. The third kappa shape index (κ3) is 4.36. The predicted molar refractivity (Wildman–Crippen MR) is 94.7 cm³/mol. The molecule has 2 aromatic carbocycles. The Balaban J connectivity index is 1.43. The number of nitrogens with zero attached hydrogens (tertiary/aromatic N) is 1. The number of benzene rings is 2. The summed E-state index contributed by atoms with van der Waals surface area (Å²) in [5.41, 5.74) is 3.22. The monoisotopic (exact) mass is 325 g/mol. The molecule has 4 nitrogen and oxygen atoms in total. The molecule has 2 N–H and O–H groups in total. The van der Waals surface area contributed by atoms with Crippen LogP contribution in [0.5, 0.6) is 0 Å². The summed E-state index contributed by atoms with van der Waals surface area (Å²) in [6.07, 6.45) is 0.704. The van der Waals surface area contributed by atoms with Crippen molar-refractivity contribution in [2.75, 3.05) is 12.3 Å².